The molecule has 1 N–H and O–H groups in total. The molecule has 0 saturated carbocycles. The number of para-hydroxylation sites is 1. The number of furan rings is 1. The molecule has 1 fully saturated rings. The number of methoxy groups -OCH3 is 1. The van der Waals surface area contributed by atoms with E-state index >= 15 is 0 Å². The monoisotopic (exact) mass is 332 g/mol. The number of nitrogens with one attached hydrogen (secondary N) is 1. The molecule has 0 radical (unpaired) electrons. The van der Waals surface area contributed by atoms with Gasteiger partial charge in [-0.05, 0) is 19.0 Å². The van der Waals surface area contributed by atoms with Gasteiger partial charge < -0.3 is 19.2 Å². The number of amides is 1. The van der Waals surface area contributed by atoms with E-state index in [9.17, 15) is 4.79 Å². The number of benzene rings is 1. The first kappa shape index (κ1) is 17.0. The molecular formula is C18H24N2O4. The maximum Gasteiger partial charge on any atom is 0.287 e. The predicted octanol–water partition coefficient (Wildman–Crippen LogP) is 2.03. The minimum atomic E-state index is -0.180. The number of ether oxygens (including phenoxy) is 2. The van der Waals surface area contributed by atoms with E-state index in [-0.39, 0.29) is 5.91 Å². The minimum Gasteiger partial charge on any atom is -0.451 e. The lowest BCUT2D eigenvalue weighted by Gasteiger charge is -2.26. The van der Waals surface area contributed by atoms with Gasteiger partial charge in [0, 0.05) is 37.7 Å². The van der Waals surface area contributed by atoms with Crippen LogP contribution in [0.1, 0.15) is 22.5 Å². The molecule has 6 heteroatoms. The smallest absolute Gasteiger partial charge is 0.287 e. The molecule has 1 saturated heterocycles. The molecule has 0 aliphatic carbocycles. The summed E-state index contributed by atoms with van der Waals surface area (Å²) in [6.07, 6.45) is 0.908. The molecule has 6 nitrogen and oxygen atoms in total. The van der Waals surface area contributed by atoms with Crippen LogP contribution >= 0.6 is 0 Å². The highest BCUT2D eigenvalue weighted by Gasteiger charge is 2.20. The van der Waals surface area contributed by atoms with Crippen LogP contribution in [0.25, 0.3) is 11.0 Å². The zero-order valence-corrected chi connectivity index (χ0v) is 14.0. The lowest BCUT2D eigenvalue weighted by molar-refractivity contribution is 0.0374. The zero-order valence-electron chi connectivity index (χ0n) is 14.0. The maximum atomic E-state index is 12.5. The fourth-order valence-electron chi connectivity index (χ4n) is 2.98. The Kier molecular flexibility index (Phi) is 5.85. The van der Waals surface area contributed by atoms with Crippen molar-refractivity contribution in [3.8, 4) is 0 Å². The van der Waals surface area contributed by atoms with Crippen LogP contribution < -0.4 is 5.32 Å². The molecule has 1 aromatic heterocycles. The van der Waals surface area contributed by atoms with Crippen molar-refractivity contribution in [2.24, 2.45) is 0 Å². The number of hydrogen-bond acceptors (Lipinski definition) is 5. The molecule has 0 unspecified atom stereocenters. The third-order valence-electron chi connectivity index (χ3n) is 4.23. The number of fused-ring (bicyclic) bond motifs is 1. The first-order valence-corrected chi connectivity index (χ1v) is 8.37. The second-order valence-corrected chi connectivity index (χ2v) is 5.90. The summed E-state index contributed by atoms with van der Waals surface area (Å²) < 4.78 is 16.3. The number of carbonyl (C=O) groups is 1. The van der Waals surface area contributed by atoms with Gasteiger partial charge in [-0.25, -0.2) is 0 Å². The van der Waals surface area contributed by atoms with Gasteiger partial charge in [0.05, 0.1) is 19.8 Å². The topological polar surface area (TPSA) is 63.9 Å². The third kappa shape index (κ3) is 3.95. The van der Waals surface area contributed by atoms with Crippen LogP contribution in [0, 0.1) is 0 Å². The van der Waals surface area contributed by atoms with E-state index in [1.807, 2.05) is 24.3 Å². The number of hydrogen-bond donors (Lipinski definition) is 1. The highest BCUT2D eigenvalue weighted by Crippen LogP contribution is 2.26. The molecule has 0 bridgehead atoms. The average Bonchev–Trinajstić information content (AvgIpc) is 2.99. The number of morpholine rings is 1. The van der Waals surface area contributed by atoms with Crippen molar-refractivity contribution in [3.05, 3.63) is 35.6 Å². The van der Waals surface area contributed by atoms with Gasteiger partial charge >= 0.3 is 0 Å². The Morgan fingerprint density at radius 3 is 2.88 bits per heavy atom. The van der Waals surface area contributed by atoms with Crippen LogP contribution in [0.4, 0.5) is 0 Å². The highest BCUT2D eigenvalue weighted by atomic mass is 16.5. The van der Waals surface area contributed by atoms with Crippen LogP contribution in [0.15, 0.2) is 28.7 Å². The van der Waals surface area contributed by atoms with Gasteiger partial charge in [0.25, 0.3) is 5.91 Å². The van der Waals surface area contributed by atoms with Gasteiger partial charge in [-0.3, -0.25) is 9.69 Å². The Morgan fingerprint density at radius 1 is 1.29 bits per heavy atom. The van der Waals surface area contributed by atoms with Gasteiger partial charge in [0.15, 0.2) is 5.76 Å². The van der Waals surface area contributed by atoms with Crippen molar-refractivity contribution in [2.75, 3.05) is 46.5 Å². The Morgan fingerprint density at radius 2 is 2.08 bits per heavy atom. The summed E-state index contributed by atoms with van der Waals surface area (Å²) in [6.45, 7) is 5.48. The van der Waals surface area contributed by atoms with Gasteiger partial charge in [-0.15, -0.1) is 0 Å². The van der Waals surface area contributed by atoms with E-state index in [4.69, 9.17) is 13.9 Å². The quantitative estimate of drug-likeness (QED) is 0.786. The molecule has 2 aromatic rings. The molecule has 2 heterocycles. The van der Waals surface area contributed by atoms with Crippen molar-refractivity contribution in [1.82, 2.24) is 10.2 Å². The maximum absolute atomic E-state index is 12.5. The molecular weight excluding hydrogens is 308 g/mol. The van der Waals surface area contributed by atoms with Crippen LogP contribution in [0.2, 0.25) is 0 Å². The molecule has 24 heavy (non-hydrogen) atoms. The molecule has 0 spiro atoms. The minimum absolute atomic E-state index is 0.180. The lowest BCUT2D eigenvalue weighted by Crippen LogP contribution is -2.38. The van der Waals surface area contributed by atoms with Crippen LogP contribution in [0.3, 0.4) is 0 Å². The van der Waals surface area contributed by atoms with Gasteiger partial charge in [-0.1, -0.05) is 18.2 Å². The van der Waals surface area contributed by atoms with Crippen molar-refractivity contribution in [2.45, 2.75) is 13.0 Å². The van der Waals surface area contributed by atoms with Crippen molar-refractivity contribution >= 4 is 16.9 Å². The lowest BCUT2D eigenvalue weighted by atomic mass is 10.1. The van der Waals surface area contributed by atoms with E-state index < -0.39 is 0 Å². The van der Waals surface area contributed by atoms with Gasteiger partial charge in [0.2, 0.25) is 0 Å². The zero-order chi connectivity index (χ0) is 16.8. The SMILES string of the molecule is COCc1c(C(=O)NCCCN2CCOCC2)oc2ccccc12. The van der Waals surface area contributed by atoms with E-state index in [1.54, 1.807) is 7.11 Å². The van der Waals surface area contributed by atoms with Crippen molar-refractivity contribution < 1.29 is 18.7 Å². The first-order chi connectivity index (χ1) is 11.8. The van der Waals surface area contributed by atoms with Crippen molar-refractivity contribution in [1.29, 1.82) is 0 Å². The summed E-state index contributed by atoms with van der Waals surface area (Å²) in [5.74, 6) is 0.171. The van der Waals surface area contributed by atoms with Gasteiger partial charge in [0.1, 0.15) is 5.58 Å². The van der Waals surface area contributed by atoms with E-state index in [1.165, 1.54) is 0 Å². The molecule has 1 amide bonds. The number of carbonyl (C=O) groups excluding carboxylic acids is 1. The molecule has 1 aromatic carbocycles. The Labute approximate surface area is 141 Å². The molecule has 3 rings (SSSR count). The van der Waals surface area contributed by atoms with Crippen LogP contribution in [-0.2, 0) is 16.1 Å². The summed E-state index contributed by atoms with van der Waals surface area (Å²) in [6, 6.07) is 7.64. The molecule has 0 atom stereocenters. The fraction of sp³-hybridized carbons (Fsp3) is 0.500. The second kappa shape index (κ2) is 8.28. The van der Waals surface area contributed by atoms with Crippen LogP contribution in [-0.4, -0.2) is 57.3 Å². The first-order valence-electron chi connectivity index (χ1n) is 8.37. The largest absolute Gasteiger partial charge is 0.451 e. The molecule has 1 aliphatic rings. The summed E-state index contributed by atoms with van der Waals surface area (Å²) in [5.41, 5.74) is 1.52. The average molecular weight is 332 g/mol. The Hall–Kier alpha value is -1.89. The molecule has 130 valence electrons. The third-order valence-corrected chi connectivity index (χ3v) is 4.23. The van der Waals surface area contributed by atoms with E-state index in [0.717, 1.165) is 50.2 Å². The summed E-state index contributed by atoms with van der Waals surface area (Å²) in [7, 11) is 1.62. The number of nitrogens with zero attached hydrogens (tertiary/aromatic N) is 1. The van der Waals surface area contributed by atoms with Crippen LogP contribution in [0.5, 0.6) is 0 Å². The predicted molar refractivity (Wildman–Crippen MR) is 91.1 cm³/mol. The number of rotatable bonds is 7. The van der Waals surface area contributed by atoms with Gasteiger partial charge in [-0.2, -0.15) is 0 Å². The Balaban J connectivity index is 1.58. The highest BCUT2D eigenvalue weighted by molar-refractivity contribution is 5.99. The van der Waals surface area contributed by atoms with E-state index in [2.05, 4.69) is 10.2 Å². The summed E-state index contributed by atoms with van der Waals surface area (Å²) in [4.78, 5) is 14.8. The fourth-order valence-corrected chi connectivity index (χ4v) is 2.98. The summed E-state index contributed by atoms with van der Waals surface area (Å²) in [5, 5.41) is 3.88. The Bertz CT molecular complexity index is 677. The second-order valence-electron chi connectivity index (χ2n) is 5.90. The summed E-state index contributed by atoms with van der Waals surface area (Å²) >= 11 is 0. The molecule has 1 aliphatic heterocycles. The van der Waals surface area contributed by atoms with E-state index in [0.29, 0.717) is 24.5 Å². The van der Waals surface area contributed by atoms with Crippen molar-refractivity contribution in [3.63, 3.8) is 0 Å². The normalized spacial score (nSPS) is 15.7. The standard InChI is InChI=1S/C18H24N2O4/c1-22-13-15-14-5-2-3-6-16(14)24-17(15)18(21)19-7-4-8-20-9-11-23-12-10-20/h2-3,5-6H,4,7-13H2,1H3,(H,19,21).